The fraction of sp³-hybridized carbons (Fsp3) is 0.371. The molecule has 3 aromatic carbocycles. The second kappa shape index (κ2) is 13.2. The Bertz CT molecular complexity index is 1220. The molecule has 0 fully saturated rings. The average molecular weight is 555 g/mol. The van der Waals surface area contributed by atoms with Crippen LogP contribution in [-0.2, 0) is 27.3 Å². The van der Waals surface area contributed by atoms with Crippen molar-refractivity contribution < 1.29 is 26.7 Å². The van der Waals surface area contributed by atoms with Gasteiger partial charge in [0.15, 0.2) is 34.3 Å². The molecule has 3 heteroatoms. The Morgan fingerprint density at radius 1 is 0.632 bits per heavy atom. The Labute approximate surface area is 241 Å². The third-order valence-electron chi connectivity index (χ3n) is 6.48. The summed E-state index contributed by atoms with van der Waals surface area (Å²) in [6.45, 7) is 22.6. The van der Waals surface area contributed by atoms with Gasteiger partial charge in [0, 0.05) is 56.8 Å². The minimum Gasteiger partial charge on any atom is -0.504 e. The number of aromatic hydroxyl groups is 2. The van der Waals surface area contributed by atoms with Gasteiger partial charge < -0.3 is 10.2 Å². The number of aryl methyl sites for hydroxylation is 4. The van der Waals surface area contributed by atoms with Crippen LogP contribution in [0.5, 0.6) is 11.5 Å². The van der Waals surface area contributed by atoms with Gasteiger partial charge in [0.05, 0.1) is 12.2 Å². The summed E-state index contributed by atoms with van der Waals surface area (Å²) in [7, 11) is 0. The summed E-state index contributed by atoms with van der Waals surface area (Å²) in [6, 6.07) is 16.5. The van der Waals surface area contributed by atoms with Gasteiger partial charge in [-0.25, -0.2) is 0 Å². The first-order chi connectivity index (χ1) is 17.0. The smallest absolute Gasteiger partial charge is 0.163 e. The van der Waals surface area contributed by atoms with E-state index >= 15 is 0 Å². The maximum Gasteiger partial charge on any atom is 0.163 e. The quantitative estimate of drug-likeness (QED) is 0.147. The molecule has 0 unspecified atom stereocenters. The van der Waals surface area contributed by atoms with Gasteiger partial charge in [-0.15, -0.1) is 0 Å². The summed E-state index contributed by atoms with van der Waals surface area (Å²) in [6.07, 6.45) is 8.93. The normalized spacial score (nSPS) is 11.7. The Hall–Kier alpha value is -2.95. The van der Waals surface area contributed by atoms with Crippen LogP contribution >= 0.6 is 0 Å². The monoisotopic (exact) mass is 554 g/mol. The third kappa shape index (κ3) is 8.54. The first-order valence-electron chi connectivity index (χ1n) is 12.9. The fourth-order valence-corrected chi connectivity index (χ4v) is 4.26. The number of allylic oxidation sites excluding steroid dienone is 2. The zero-order valence-corrected chi connectivity index (χ0v) is 25.9. The number of rotatable bonds is 3. The Kier molecular flexibility index (Phi) is 11.5. The Morgan fingerprint density at radius 3 is 1.32 bits per heavy atom. The van der Waals surface area contributed by atoms with Gasteiger partial charge in [-0.3, -0.25) is 0 Å². The third-order valence-corrected chi connectivity index (χ3v) is 6.48. The summed E-state index contributed by atoms with van der Waals surface area (Å²) in [5.74, 6) is 0.0276. The molecule has 0 atom stereocenters. The summed E-state index contributed by atoms with van der Waals surface area (Å²) in [4.78, 5) is 0. The van der Waals surface area contributed by atoms with Crippen molar-refractivity contribution in [3.05, 3.63) is 117 Å². The van der Waals surface area contributed by atoms with Crippen LogP contribution < -0.4 is 0 Å². The van der Waals surface area contributed by atoms with Crippen LogP contribution in [0, 0.1) is 39.8 Å². The van der Waals surface area contributed by atoms with Crippen LogP contribution in [0.2, 0.25) is 0 Å². The second-order valence-corrected chi connectivity index (χ2v) is 12.0. The molecule has 0 radical (unpaired) electrons. The van der Waals surface area contributed by atoms with Gasteiger partial charge in [-0.05, 0) is 74.9 Å². The number of hydrogen-bond acceptors (Lipinski definition) is 2. The summed E-state index contributed by atoms with van der Waals surface area (Å²) in [5.41, 5.74) is 9.71. The summed E-state index contributed by atoms with van der Waals surface area (Å²) >= 11 is 0. The molecule has 0 bridgehead atoms. The van der Waals surface area contributed by atoms with E-state index in [0.717, 1.165) is 16.7 Å². The van der Waals surface area contributed by atoms with Crippen molar-refractivity contribution in [2.75, 3.05) is 0 Å². The average Bonchev–Trinajstić information content (AvgIpc) is 2.76. The van der Waals surface area contributed by atoms with Gasteiger partial charge in [-0.1, -0.05) is 53.7 Å². The topological polar surface area (TPSA) is 40.5 Å². The van der Waals surface area contributed by atoms with E-state index in [1.54, 1.807) is 0 Å². The molecule has 0 aliphatic carbocycles. The predicted molar refractivity (Wildman–Crippen MR) is 157 cm³/mol. The van der Waals surface area contributed by atoms with Crippen LogP contribution in [0.1, 0.15) is 93.0 Å². The molecular weight excluding hydrogens is 511 g/mol. The van der Waals surface area contributed by atoms with Crippen LogP contribution in [-0.4, -0.2) is 10.2 Å². The predicted octanol–water partition coefficient (Wildman–Crippen LogP) is 9.12. The molecule has 0 heterocycles. The van der Waals surface area contributed by atoms with Gasteiger partial charge in [-0.2, -0.15) is 0 Å². The largest absolute Gasteiger partial charge is 0.504 e. The van der Waals surface area contributed by atoms with Gasteiger partial charge >= 0.3 is 0 Å². The fourth-order valence-electron chi connectivity index (χ4n) is 4.26. The number of benzene rings is 3. The van der Waals surface area contributed by atoms with Crippen LogP contribution in [0.15, 0.2) is 60.2 Å². The van der Waals surface area contributed by atoms with Gasteiger partial charge in [0.1, 0.15) is 0 Å². The maximum atomic E-state index is 10.0. The first-order valence-corrected chi connectivity index (χ1v) is 12.9. The van der Waals surface area contributed by atoms with Crippen molar-refractivity contribution in [2.45, 2.75) is 87.0 Å². The maximum absolute atomic E-state index is 10.0. The molecular formula is C35H44NiO2+2. The molecule has 3 aromatic rings. The van der Waals surface area contributed by atoms with E-state index in [-0.39, 0.29) is 38.8 Å². The van der Waals surface area contributed by atoms with Crippen molar-refractivity contribution in [3.8, 4) is 11.5 Å². The van der Waals surface area contributed by atoms with Crippen molar-refractivity contribution >= 4 is 0 Å². The van der Waals surface area contributed by atoms with E-state index in [0.29, 0.717) is 0 Å². The molecule has 38 heavy (non-hydrogen) atoms. The first kappa shape index (κ1) is 33.1. The molecule has 2 nitrogen and oxygen atoms in total. The summed E-state index contributed by atoms with van der Waals surface area (Å²) in [5, 5.41) is 20.1. The Balaban J connectivity index is 0.000000384. The molecule has 0 amide bonds. The van der Waals surface area contributed by atoms with Gasteiger partial charge in [0.2, 0.25) is 0 Å². The Morgan fingerprint density at radius 2 is 0.974 bits per heavy atom. The zero-order valence-electron chi connectivity index (χ0n) is 24.9. The van der Waals surface area contributed by atoms with E-state index in [9.17, 15) is 10.2 Å². The van der Waals surface area contributed by atoms with Gasteiger partial charge in [0.25, 0.3) is 0 Å². The van der Waals surface area contributed by atoms with E-state index < -0.39 is 0 Å². The van der Waals surface area contributed by atoms with Crippen molar-refractivity contribution in [1.29, 1.82) is 0 Å². The second-order valence-electron chi connectivity index (χ2n) is 12.0. The molecule has 2 N–H and O–H groups in total. The van der Waals surface area contributed by atoms with Crippen molar-refractivity contribution in [1.82, 2.24) is 0 Å². The van der Waals surface area contributed by atoms with E-state index in [1.807, 2.05) is 59.8 Å². The SMILES string of the molecule is CC(=[C+]c1c(C)cccc1C)C=[C+]c1c(C)cccc1C.CC(C)(C)c1ccc(C(C)(C)C)c(O)c1O.[Ni]. The van der Waals surface area contributed by atoms with Crippen LogP contribution in [0.4, 0.5) is 0 Å². The standard InChI is InChI=1S/C21H22.C14H22O2.Ni/c1-15(14-21-18(4)10-7-11-19(21)5)12-13-20-16(2)8-6-9-17(20)3;1-13(2,3)9-7-8-10(14(4,5)6)12(16)11(9)15;/h6-12H,1-5H3;7-8,15-16H,1-6H3;/q+2;;. The molecule has 3 rings (SSSR count). The van der Waals surface area contributed by atoms with Crippen LogP contribution in [0.3, 0.4) is 0 Å². The van der Waals surface area contributed by atoms with Crippen molar-refractivity contribution in [3.63, 3.8) is 0 Å². The summed E-state index contributed by atoms with van der Waals surface area (Å²) < 4.78 is 0. The van der Waals surface area contributed by atoms with E-state index in [1.165, 1.54) is 33.4 Å². The number of phenols is 2. The molecule has 204 valence electrons. The minimum absolute atomic E-state index is 0. The zero-order chi connectivity index (χ0) is 28.1. The molecule has 0 aliphatic heterocycles. The van der Waals surface area contributed by atoms with E-state index in [2.05, 4.69) is 83.2 Å². The van der Waals surface area contributed by atoms with E-state index in [4.69, 9.17) is 0 Å². The molecule has 0 saturated carbocycles. The molecule has 0 spiro atoms. The molecule has 0 saturated heterocycles. The molecule has 0 aromatic heterocycles. The minimum atomic E-state index is -0.169. The number of phenolic OH excluding ortho intramolecular Hbond substituents is 2. The van der Waals surface area contributed by atoms with Crippen molar-refractivity contribution in [2.24, 2.45) is 0 Å². The molecule has 0 aliphatic rings. The number of hydrogen-bond donors (Lipinski definition) is 2. The van der Waals surface area contributed by atoms with Crippen LogP contribution in [0.25, 0.3) is 0 Å².